The first kappa shape index (κ1) is 30.0. The van der Waals surface area contributed by atoms with E-state index in [1.54, 1.807) is 12.1 Å². The van der Waals surface area contributed by atoms with Crippen molar-refractivity contribution in [3.05, 3.63) is 107 Å². The van der Waals surface area contributed by atoms with Gasteiger partial charge in [-0.25, -0.2) is 13.8 Å². The topological polar surface area (TPSA) is 92.6 Å². The first-order chi connectivity index (χ1) is 22.3. The number of benzene rings is 3. The standard InChI is InChI=1S/C34H32F2N6O3S/c1-46(44)31-10-4-8-27(35)26(31)21-42-32-22(18-30(33(42)43)45-29-9-3-2-7-28(29)36)19-37-34(39-32)38-23-11-13-24(14-12-23)41-17-16-40-15-5-6-25(40)20-41/h2-4,7-14,18-19,25H,5-6,15-17,20-21H2,1H3,(H,37,38,39). The maximum atomic E-state index is 15.1. The van der Waals surface area contributed by atoms with Crippen molar-refractivity contribution in [3.8, 4) is 11.5 Å². The average Bonchev–Trinajstić information content (AvgIpc) is 3.53. The maximum Gasteiger partial charge on any atom is 0.295 e. The van der Waals surface area contributed by atoms with Crippen LogP contribution in [0, 0.1) is 11.6 Å². The Bertz CT molecular complexity index is 2000. The van der Waals surface area contributed by atoms with Crippen LogP contribution in [0.4, 0.5) is 26.1 Å². The number of aromatic nitrogens is 3. The Hall–Kier alpha value is -4.68. The summed E-state index contributed by atoms with van der Waals surface area (Å²) in [6, 6.07) is 20.1. The van der Waals surface area contributed by atoms with Gasteiger partial charge in [-0.05, 0) is 74.0 Å². The van der Waals surface area contributed by atoms with Gasteiger partial charge in [0.1, 0.15) is 11.5 Å². The molecule has 2 aliphatic heterocycles. The van der Waals surface area contributed by atoms with Crippen molar-refractivity contribution in [1.82, 2.24) is 19.4 Å². The number of fused-ring (bicyclic) bond motifs is 2. The first-order valence-electron chi connectivity index (χ1n) is 15.1. The minimum Gasteiger partial charge on any atom is -0.448 e. The Labute approximate surface area is 266 Å². The lowest BCUT2D eigenvalue weighted by atomic mass is 10.1. The molecule has 4 heterocycles. The van der Waals surface area contributed by atoms with E-state index in [4.69, 9.17) is 4.74 Å². The van der Waals surface area contributed by atoms with E-state index in [2.05, 4.69) is 37.2 Å². The van der Waals surface area contributed by atoms with Gasteiger partial charge in [0, 0.05) is 65.3 Å². The molecule has 0 saturated carbocycles. The molecule has 2 aromatic heterocycles. The zero-order valence-corrected chi connectivity index (χ0v) is 26.0. The molecule has 9 nitrogen and oxygen atoms in total. The molecule has 46 heavy (non-hydrogen) atoms. The summed E-state index contributed by atoms with van der Waals surface area (Å²) in [5, 5.41) is 3.62. The molecule has 2 unspecified atom stereocenters. The number of ether oxygens (including phenoxy) is 1. The third-order valence-electron chi connectivity index (χ3n) is 8.63. The van der Waals surface area contributed by atoms with Crippen molar-refractivity contribution >= 4 is 39.2 Å². The van der Waals surface area contributed by atoms with Crippen LogP contribution in [0.25, 0.3) is 11.0 Å². The summed E-state index contributed by atoms with van der Waals surface area (Å²) in [7, 11) is -1.53. The number of halogens is 2. The van der Waals surface area contributed by atoms with Crippen LogP contribution in [-0.2, 0) is 17.3 Å². The Balaban J connectivity index is 1.23. The van der Waals surface area contributed by atoms with Crippen molar-refractivity contribution in [2.75, 3.05) is 42.7 Å². The molecular weight excluding hydrogens is 610 g/mol. The lowest BCUT2D eigenvalue weighted by Gasteiger charge is -2.38. The van der Waals surface area contributed by atoms with Crippen LogP contribution >= 0.6 is 0 Å². The van der Waals surface area contributed by atoms with Crippen molar-refractivity contribution in [1.29, 1.82) is 0 Å². The number of piperazine rings is 1. The van der Waals surface area contributed by atoms with Gasteiger partial charge in [0.2, 0.25) is 5.95 Å². The maximum absolute atomic E-state index is 15.1. The molecule has 2 aliphatic rings. The van der Waals surface area contributed by atoms with Crippen LogP contribution in [0.1, 0.15) is 18.4 Å². The molecule has 0 spiro atoms. The molecule has 3 aromatic carbocycles. The molecular formula is C34H32F2N6O3S. The van der Waals surface area contributed by atoms with Crippen molar-refractivity contribution < 1.29 is 17.7 Å². The molecule has 12 heteroatoms. The Morgan fingerprint density at radius 1 is 0.978 bits per heavy atom. The van der Waals surface area contributed by atoms with Gasteiger partial charge in [-0.2, -0.15) is 4.98 Å². The number of nitrogens with zero attached hydrogens (tertiary/aromatic N) is 5. The molecule has 0 bridgehead atoms. The molecule has 0 radical (unpaired) electrons. The Morgan fingerprint density at radius 2 is 1.78 bits per heavy atom. The molecule has 2 saturated heterocycles. The lowest BCUT2D eigenvalue weighted by molar-refractivity contribution is 0.231. The lowest BCUT2D eigenvalue weighted by Crippen LogP contribution is -2.50. The van der Waals surface area contributed by atoms with Crippen LogP contribution in [0.5, 0.6) is 11.5 Å². The second-order valence-corrected chi connectivity index (χ2v) is 12.9. The van der Waals surface area contributed by atoms with E-state index in [1.807, 2.05) is 12.1 Å². The largest absolute Gasteiger partial charge is 0.448 e. The fourth-order valence-corrected chi connectivity index (χ4v) is 7.07. The summed E-state index contributed by atoms with van der Waals surface area (Å²) in [6.07, 6.45) is 5.47. The molecule has 1 N–H and O–H groups in total. The van der Waals surface area contributed by atoms with Gasteiger partial charge < -0.3 is 15.0 Å². The third-order valence-corrected chi connectivity index (χ3v) is 9.63. The Morgan fingerprint density at radius 3 is 2.59 bits per heavy atom. The number of para-hydroxylation sites is 1. The second-order valence-electron chi connectivity index (χ2n) is 11.5. The van der Waals surface area contributed by atoms with Crippen molar-refractivity contribution in [2.45, 2.75) is 30.3 Å². The fraction of sp³-hybridized carbons (Fsp3) is 0.265. The van der Waals surface area contributed by atoms with Crippen LogP contribution < -0.4 is 20.5 Å². The van der Waals surface area contributed by atoms with E-state index in [9.17, 15) is 13.4 Å². The molecule has 0 aliphatic carbocycles. The second kappa shape index (κ2) is 12.6. The Kier molecular flexibility index (Phi) is 8.22. The van der Waals surface area contributed by atoms with Crippen LogP contribution in [0.3, 0.4) is 0 Å². The van der Waals surface area contributed by atoms with Gasteiger partial charge in [-0.1, -0.05) is 18.2 Å². The summed E-state index contributed by atoms with van der Waals surface area (Å²) in [5.41, 5.74) is 1.53. The zero-order valence-electron chi connectivity index (χ0n) is 25.2. The van der Waals surface area contributed by atoms with Gasteiger partial charge in [0.25, 0.3) is 5.56 Å². The number of anilines is 3. The van der Waals surface area contributed by atoms with E-state index in [0.717, 1.165) is 31.0 Å². The van der Waals surface area contributed by atoms with E-state index in [0.29, 0.717) is 11.4 Å². The average molecular weight is 643 g/mol. The van der Waals surface area contributed by atoms with Gasteiger partial charge >= 0.3 is 0 Å². The molecule has 236 valence electrons. The zero-order chi connectivity index (χ0) is 31.8. The highest BCUT2D eigenvalue weighted by molar-refractivity contribution is 7.84. The predicted molar refractivity (Wildman–Crippen MR) is 175 cm³/mol. The van der Waals surface area contributed by atoms with Crippen LogP contribution in [0.2, 0.25) is 0 Å². The van der Waals surface area contributed by atoms with E-state index < -0.39 is 28.0 Å². The smallest absolute Gasteiger partial charge is 0.295 e. The number of rotatable bonds is 8. The number of hydrogen-bond acceptors (Lipinski definition) is 8. The highest BCUT2D eigenvalue weighted by Gasteiger charge is 2.30. The minimum atomic E-state index is -1.53. The summed E-state index contributed by atoms with van der Waals surface area (Å²) < 4.78 is 49.0. The van der Waals surface area contributed by atoms with Gasteiger partial charge in [-0.3, -0.25) is 18.5 Å². The highest BCUT2D eigenvalue weighted by Crippen LogP contribution is 2.29. The van der Waals surface area contributed by atoms with E-state index in [1.165, 1.54) is 72.8 Å². The SMILES string of the molecule is CS(=O)c1cccc(F)c1Cn1c(=O)c(Oc2ccccc2F)cc2cnc(Nc3ccc(N4CCN5CCCC5C4)cc3)nc21. The van der Waals surface area contributed by atoms with Gasteiger partial charge in [-0.15, -0.1) is 0 Å². The number of nitrogens with one attached hydrogen (secondary N) is 1. The minimum absolute atomic E-state index is 0.0805. The van der Waals surface area contributed by atoms with Gasteiger partial charge in [0.05, 0.1) is 17.3 Å². The van der Waals surface area contributed by atoms with E-state index in [-0.39, 0.29) is 40.1 Å². The summed E-state index contributed by atoms with van der Waals surface area (Å²) in [6.45, 7) is 4.00. The van der Waals surface area contributed by atoms with E-state index >= 15 is 4.39 Å². The normalized spacial score (nSPS) is 17.2. The van der Waals surface area contributed by atoms with Crippen LogP contribution in [0.15, 0.2) is 88.7 Å². The predicted octanol–water partition coefficient (Wildman–Crippen LogP) is 5.68. The van der Waals surface area contributed by atoms with Crippen LogP contribution in [-0.4, -0.2) is 62.1 Å². The summed E-state index contributed by atoms with van der Waals surface area (Å²) >= 11 is 0. The van der Waals surface area contributed by atoms with Crippen molar-refractivity contribution in [2.24, 2.45) is 0 Å². The van der Waals surface area contributed by atoms with Crippen molar-refractivity contribution in [3.63, 3.8) is 0 Å². The molecule has 5 aromatic rings. The summed E-state index contributed by atoms with van der Waals surface area (Å²) in [4.78, 5) is 28.2. The summed E-state index contributed by atoms with van der Waals surface area (Å²) in [5.74, 6) is -1.36. The monoisotopic (exact) mass is 642 g/mol. The third kappa shape index (κ3) is 5.97. The number of hydrogen-bond donors (Lipinski definition) is 1. The number of pyridine rings is 1. The fourth-order valence-electron chi connectivity index (χ4n) is 6.29. The molecule has 0 amide bonds. The molecule has 7 rings (SSSR count). The first-order valence-corrected chi connectivity index (χ1v) is 16.7. The quantitative estimate of drug-likeness (QED) is 0.231. The highest BCUT2D eigenvalue weighted by atomic mass is 32.2. The molecule has 2 fully saturated rings. The molecule has 2 atom stereocenters. The van der Waals surface area contributed by atoms with Gasteiger partial charge in [0.15, 0.2) is 17.3 Å².